The summed E-state index contributed by atoms with van der Waals surface area (Å²) in [5.74, 6) is 1.96. The molecule has 21 heavy (non-hydrogen) atoms. The van der Waals surface area contributed by atoms with Crippen molar-refractivity contribution in [1.29, 1.82) is 0 Å². The molecular formula is C19H29NO. The molecule has 1 aromatic carbocycles. The number of rotatable bonds is 5. The molecule has 1 aromatic rings. The zero-order valence-corrected chi connectivity index (χ0v) is 13.5. The number of benzene rings is 1. The normalized spacial score (nSPS) is 21.6. The van der Waals surface area contributed by atoms with Crippen LogP contribution in [0.2, 0.25) is 0 Å². The van der Waals surface area contributed by atoms with Crippen LogP contribution in [0.25, 0.3) is 0 Å². The monoisotopic (exact) mass is 287 g/mol. The van der Waals surface area contributed by atoms with Gasteiger partial charge in [-0.15, -0.1) is 0 Å². The highest BCUT2D eigenvalue weighted by molar-refractivity contribution is 5.40. The minimum Gasteiger partial charge on any atom is -0.493 e. The molecule has 1 aliphatic heterocycles. The first-order valence-corrected chi connectivity index (χ1v) is 8.79. The standard InChI is InChI=1S/C19H29NO/c1-3-18(20-14(2)15-7-5-4-6-8-15)16-9-10-19-17(13-16)11-12-21-19/h9-10,13-15,18,20H,3-8,11-12H2,1-2H3/t14-,18?/m1/s1. The predicted octanol–water partition coefficient (Wildman–Crippen LogP) is 4.63. The van der Waals surface area contributed by atoms with Gasteiger partial charge in [-0.2, -0.15) is 0 Å². The van der Waals surface area contributed by atoms with Crippen LogP contribution in [0.4, 0.5) is 0 Å². The highest BCUT2D eigenvalue weighted by Gasteiger charge is 2.23. The zero-order chi connectivity index (χ0) is 14.7. The van der Waals surface area contributed by atoms with Crippen molar-refractivity contribution in [2.75, 3.05) is 6.61 Å². The van der Waals surface area contributed by atoms with Gasteiger partial charge < -0.3 is 10.1 Å². The average molecular weight is 287 g/mol. The van der Waals surface area contributed by atoms with Gasteiger partial charge in [0.05, 0.1) is 6.61 Å². The van der Waals surface area contributed by atoms with Crippen LogP contribution in [-0.2, 0) is 6.42 Å². The van der Waals surface area contributed by atoms with Crippen molar-refractivity contribution in [2.24, 2.45) is 5.92 Å². The van der Waals surface area contributed by atoms with Gasteiger partial charge in [0.25, 0.3) is 0 Å². The second kappa shape index (κ2) is 6.83. The summed E-state index contributed by atoms with van der Waals surface area (Å²) in [6.07, 6.45) is 9.30. The summed E-state index contributed by atoms with van der Waals surface area (Å²) in [6, 6.07) is 7.87. The Hall–Kier alpha value is -1.02. The summed E-state index contributed by atoms with van der Waals surface area (Å²) >= 11 is 0. The highest BCUT2D eigenvalue weighted by atomic mass is 16.5. The third-order valence-corrected chi connectivity index (χ3v) is 5.35. The Balaban J connectivity index is 1.66. The van der Waals surface area contributed by atoms with Crippen molar-refractivity contribution in [1.82, 2.24) is 5.32 Å². The number of ether oxygens (including phenoxy) is 1. The van der Waals surface area contributed by atoms with Gasteiger partial charge in [0.2, 0.25) is 0 Å². The minimum absolute atomic E-state index is 0.479. The topological polar surface area (TPSA) is 21.3 Å². The van der Waals surface area contributed by atoms with E-state index in [1.54, 1.807) is 0 Å². The molecule has 0 spiro atoms. The molecule has 116 valence electrons. The third kappa shape index (κ3) is 3.42. The molecule has 2 aliphatic rings. The van der Waals surface area contributed by atoms with Crippen molar-refractivity contribution >= 4 is 0 Å². The molecular weight excluding hydrogens is 258 g/mol. The van der Waals surface area contributed by atoms with Gasteiger partial charge in [0.15, 0.2) is 0 Å². The summed E-state index contributed by atoms with van der Waals surface area (Å²) in [5.41, 5.74) is 2.82. The first-order valence-electron chi connectivity index (χ1n) is 8.79. The largest absolute Gasteiger partial charge is 0.493 e. The molecule has 0 bridgehead atoms. The van der Waals surface area contributed by atoms with E-state index in [9.17, 15) is 0 Å². The molecule has 2 heteroatoms. The maximum absolute atomic E-state index is 5.62. The summed E-state index contributed by atoms with van der Waals surface area (Å²) in [4.78, 5) is 0. The lowest BCUT2D eigenvalue weighted by Gasteiger charge is -2.32. The lowest BCUT2D eigenvalue weighted by molar-refractivity contribution is 0.262. The van der Waals surface area contributed by atoms with Gasteiger partial charge >= 0.3 is 0 Å². The SMILES string of the molecule is CCC(N[C@H](C)C1CCCCC1)c1ccc2c(c1)CCO2. The van der Waals surface area contributed by atoms with E-state index in [0.29, 0.717) is 12.1 Å². The van der Waals surface area contributed by atoms with Gasteiger partial charge in [-0.3, -0.25) is 0 Å². The van der Waals surface area contributed by atoms with Gasteiger partial charge in [0, 0.05) is 18.5 Å². The fraction of sp³-hybridized carbons (Fsp3) is 0.684. The van der Waals surface area contributed by atoms with Crippen LogP contribution in [0, 0.1) is 5.92 Å². The number of fused-ring (bicyclic) bond motifs is 1. The maximum Gasteiger partial charge on any atom is 0.122 e. The molecule has 1 unspecified atom stereocenters. The molecule has 1 saturated carbocycles. The van der Waals surface area contributed by atoms with Gasteiger partial charge in [-0.05, 0) is 49.3 Å². The van der Waals surface area contributed by atoms with Crippen molar-refractivity contribution in [3.63, 3.8) is 0 Å². The second-order valence-electron chi connectivity index (χ2n) is 6.78. The van der Waals surface area contributed by atoms with Crippen LogP contribution in [0.3, 0.4) is 0 Å². The van der Waals surface area contributed by atoms with Crippen molar-refractivity contribution in [3.05, 3.63) is 29.3 Å². The highest BCUT2D eigenvalue weighted by Crippen LogP contribution is 2.31. The molecule has 1 N–H and O–H groups in total. The average Bonchev–Trinajstić information content (AvgIpc) is 3.00. The Bertz CT molecular complexity index is 465. The molecule has 2 nitrogen and oxygen atoms in total. The molecule has 1 heterocycles. The number of hydrogen-bond donors (Lipinski definition) is 1. The van der Waals surface area contributed by atoms with E-state index in [-0.39, 0.29) is 0 Å². The van der Waals surface area contributed by atoms with Crippen LogP contribution in [-0.4, -0.2) is 12.6 Å². The van der Waals surface area contributed by atoms with Gasteiger partial charge in [-0.1, -0.05) is 38.3 Å². The number of nitrogens with one attached hydrogen (secondary N) is 1. The summed E-state index contributed by atoms with van der Waals surface area (Å²) in [7, 11) is 0. The molecule has 0 aromatic heterocycles. The molecule has 0 amide bonds. The van der Waals surface area contributed by atoms with E-state index in [0.717, 1.165) is 31.1 Å². The molecule has 1 aliphatic carbocycles. The van der Waals surface area contributed by atoms with Crippen LogP contribution < -0.4 is 10.1 Å². The predicted molar refractivity (Wildman–Crippen MR) is 87.8 cm³/mol. The molecule has 0 radical (unpaired) electrons. The summed E-state index contributed by atoms with van der Waals surface area (Å²) in [6.45, 7) is 5.52. The molecule has 3 rings (SSSR count). The Morgan fingerprint density at radius 3 is 2.81 bits per heavy atom. The Kier molecular flexibility index (Phi) is 4.84. The summed E-state index contributed by atoms with van der Waals surface area (Å²) in [5, 5.41) is 3.90. The van der Waals surface area contributed by atoms with E-state index in [4.69, 9.17) is 4.74 Å². The Morgan fingerprint density at radius 2 is 2.05 bits per heavy atom. The summed E-state index contributed by atoms with van der Waals surface area (Å²) < 4.78 is 5.62. The molecule has 0 saturated heterocycles. The fourth-order valence-electron chi connectivity index (χ4n) is 3.96. The molecule has 1 fully saturated rings. The van der Waals surface area contributed by atoms with Crippen LogP contribution in [0.5, 0.6) is 5.75 Å². The smallest absolute Gasteiger partial charge is 0.122 e. The van der Waals surface area contributed by atoms with Crippen molar-refractivity contribution in [3.8, 4) is 5.75 Å². The lowest BCUT2D eigenvalue weighted by atomic mass is 9.84. The number of hydrogen-bond acceptors (Lipinski definition) is 2. The maximum atomic E-state index is 5.62. The van der Waals surface area contributed by atoms with Gasteiger partial charge in [-0.25, -0.2) is 0 Å². The first-order chi connectivity index (χ1) is 10.3. The Labute approximate surface area is 129 Å². The van der Waals surface area contributed by atoms with Crippen LogP contribution in [0.1, 0.15) is 69.5 Å². The Morgan fingerprint density at radius 1 is 1.24 bits per heavy atom. The van der Waals surface area contributed by atoms with E-state index in [1.165, 1.54) is 43.2 Å². The zero-order valence-electron chi connectivity index (χ0n) is 13.5. The van der Waals surface area contributed by atoms with Crippen LogP contribution in [0.15, 0.2) is 18.2 Å². The van der Waals surface area contributed by atoms with E-state index >= 15 is 0 Å². The van der Waals surface area contributed by atoms with E-state index in [1.807, 2.05) is 0 Å². The fourth-order valence-corrected chi connectivity index (χ4v) is 3.96. The molecule has 2 atom stereocenters. The van der Waals surface area contributed by atoms with Crippen LogP contribution >= 0.6 is 0 Å². The second-order valence-corrected chi connectivity index (χ2v) is 6.78. The van der Waals surface area contributed by atoms with E-state index in [2.05, 4.69) is 37.4 Å². The minimum atomic E-state index is 0.479. The quantitative estimate of drug-likeness (QED) is 0.852. The van der Waals surface area contributed by atoms with Gasteiger partial charge in [0.1, 0.15) is 5.75 Å². The first kappa shape index (κ1) is 14.9. The third-order valence-electron chi connectivity index (χ3n) is 5.35. The van der Waals surface area contributed by atoms with E-state index < -0.39 is 0 Å². The van der Waals surface area contributed by atoms with Crippen molar-refractivity contribution in [2.45, 2.75) is 70.9 Å². The lowest BCUT2D eigenvalue weighted by Crippen LogP contribution is -2.37. The van der Waals surface area contributed by atoms with Crippen molar-refractivity contribution < 1.29 is 4.74 Å².